The minimum Gasteiger partial charge on any atom is -0.465 e. The lowest BCUT2D eigenvalue weighted by molar-refractivity contribution is -0.151. The van der Waals surface area contributed by atoms with Crippen molar-refractivity contribution in [3.63, 3.8) is 0 Å². The number of rotatable bonds is 12. The average Bonchev–Trinajstić information content (AvgIpc) is 3.77. The molecule has 7 rings (SSSR count). The number of oxazole rings is 1. The van der Waals surface area contributed by atoms with Crippen molar-refractivity contribution in [3.8, 4) is 0 Å². The number of benzene rings is 2. The summed E-state index contributed by atoms with van der Waals surface area (Å²) in [5.41, 5.74) is 4.57. The smallest absolute Gasteiger partial charge is 0.419 e. The molecular weight excluding hydrogens is 729 g/mol. The highest BCUT2D eigenvalue weighted by Crippen LogP contribution is 2.29. The lowest BCUT2D eigenvalue weighted by Gasteiger charge is -2.40. The van der Waals surface area contributed by atoms with Crippen molar-refractivity contribution in [1.82, 2.24) is 24.2 Å². The standard InChI is InChI=1S/C43H58N6O8/c1-4-5-6-9-25-55-40(51)35-13-10-19-48(35)32-15-20-46(21-16-32)39(50)37(28-30-26-29(2)38-36(27-30)56-42(53)45(38)3)57-43(54)47-22-17-33(18-23-47)49-24-14-31-11-7-8-12-34(31)44-41(49)52/h7-8,11-12,26-27,32-33,35,37H,4-6,9-10,13-25,28H2,1-3H3,(H,44,52)/t35-,37-/m1/s1. The number of aromatic nitrogens is 1. The van der Waals surface area contributed by atoms with E-state index in [1.54, 1.807) is 22.9 Å². The Kier molecular flexibility index (Phi) is 12.9. The molecule has 0 unspecified atom stereocenters. The van der Waals surface area contributed by atoms with Crippen LogP contribution < -0.4 is 11.1 Å². The Balaban J connectivity index is 0.993. The van der Waals surface area contributed by atoms with E-state index in [0.29, 0.717) is 76.1 Å². The number of hydrogen-bond acceptors (Lipinski definition) is 9. The molecule has 4 amide bonds. The predicted octanol–water partition coefficient (Wildman–Crippen LogP) is 5.62. The van der Waals surface area contributed by atoms with Gasteiger partial charge in [-0.2, -0.15) is 0 Å². The third kappa shape index (κ3) is 9.16. The Morgan fingerprint density at radius 1 is 0.895 bits per heavy atom. The van der Waals surface area contributed by atoms with Crippen LogP contribution in [0.15, 0.2) is 45.6 Å². The summed E-state index contributed by atoms with van der Waals surface area (Å²) in [6, 6.07) is 11.2. The molecule has 4 aliphatic heterocycles. The molecule has 0 radical (unpaired) electrons. The van der Waals surface area contributed by atoms with Crippen LogP contribution in [0.25, 0.3) is 11.1 Å². The van der Waals surface area contributed by atoms with Crippen molar-refractivity contribution < 1.29 is 33.1 Å². The van der Waals surface area contributed by atoms with Crippen LogP contribution in [0, 0.1) is 6.92 Å². The first-order valence-corrected chi connectivity index (χ1v) is 21.0. The lowest BCUT2D eigenvalue weighted by Crippen LogP contribution is -2.53. The zero-order valence-electron chi connectivity index (χ0n) is 33.7. The molecule has 57 heavy (non-hydrogen) atoms. The van der Waals surface area contributed by atoms with E-state index in [4.69, 9.17) is 13.9 Å². The molecule has 14 heteroatoms. The maximum Gasteiger partial charge on any atom is 0.419 e. The Hall–Kier alpha value is -4.85. The topological polar surface area (TPSA) is 147 Å². The highest BCUT2D eigenvalue weighted by Gasteiger charge is 2.40. The lowest BCUT2D eigenvalue weighted by atomic mass is 9.99. The molecule has 3 saturated heterocycles. The number of ether oxygens (including phenoxy) is 2. The Morgan fingerprint density at radius 3 is 2.40 bits per heavy atom. The number of carbonyl (C=O) groups excluding carboxylic acids is 4. The number of carbonyl (C=O) groups is 4. The fraction of sp³-hybridized carbons (Fsp3) is 0.605. The van der Waals surface area contributed by atoms with Gasteiger partial charge in [-0.05, 0) is 93.7 Å². The third-order valence-corrected chi connectivity index (χ3v) is 12.4. The van der Waals surface area contributed by atoms with E-state index in [0.717, 1.165) is 73.9 Å². The van der Waals surface area contributed by atoms with Crippen molar-refractivity contribution in [2.75, 3.05) is 51.2 Å². The number of fused-ring (bicyclic) bond motifs is 2. The highest BCUT2D eigenvalue weighted by molar-refractivity contribution is 5.91. The second-order valence-electron chi connectivity index (χ2n) is 16.2. The number of urea groups is 1. The minimum absolute atomic E-state index is 0.0276. The summed E-state index contributed by atoms with van der Waals surface area (Å²) >= 11 is 0. The molecule has 308 valence electrons. The maximum atomic E-state index is 14.4. The van der Waals surface area contributed by atoms with Gasteiger partial charge in [0.1, 0.15) is 6.04 Å². The van der Waals surface area contributed by atoms with Crippen molar-refractivity contribution in [1.29, 1.82) is 0 Å². The molecular formula is C43H58N6O8. The summed E-state index contributed by atoms with van der Waals surface area (Å²) in [6.07, 6.45) is 7.74. The zero-order valence-corrected chi connectivity index (χ0v) is 33.7. The van der Waals surface area contributed by atoms with E-state index >= 15 is 0 Å². The summed E-state index contributed by atoms with van der Waals surface area (Å²) in [6.45, 7) is 7.67. The van der Waals surface area contributed by atoms with Crippen LogP contribution in [0.1, 0.15) is 87.8 Å². The van der Waals surface area contributed by atoms with Crippen molar-refractivity contribution in [3.05, 3.63) is 63.6 Å². The molecule has 1 aromatic heterocycles. The molecule has 0 aliphatic carbocycles. The first kappa shape index (κ1) is 40.4. The van der Waals surface area contributed by atoms with Gasteiger partial charge in [0, 0.05) is 64.0 Å². The molecule has 1 N–H and O–H groups in total. The number of amides is 4. The number of piperidine rings is 2. The minimum atomic E-state index is -1.10. The van der Waals surface area contributed by atoms with Crippen LogP contribution in [0.4, 0.5) is 15.3 Å². The van der Waals surface area contributed by atoms with Gasteiger partial charge in [-0.15, -0.1) is 0 Å². The molecule has 0 spiro atoms. The molecule has 2 aromatic carbocycles. The number of aryl methyl sites for hydroxylation is 2. The fourth-order valence-corrected chi connectivity index (χ4v) is 9.28. The average molecular weight is 787 g/mol. The van der Waals surface area contributed by atoms with E-state index < -0.39 is 18.0 Å². The SMILES string of the molecule is CCCCCCOC(=O)[C@H]1CCCN1C1CCN(C(=O)[C@@H](Cc2cc(C)c3c(c2)oc(=O)n3C)OC(=O)N2CCC(N3CCc4ccccc4NC3=O)CC2)CC1. The van der Waals surface area contributed by atoms with E-state index in [1.807, 2.05) is 42.2 Å². The van der Waals surface area contributed by atoms with Gasteiger partial charge in [-0.3, -0.25) is 19.1 Å². The van der Waals surface area contributed by atoms with Crippen LogP contribution in [0.3, 0.4) is 0 Å². The number of unbranched alkanes of at least 4 members (excludes halogenated alkanes) is 3. The van der Waals surface area contributed by atoms with Crippen molar-refractivity contribution in [2.24, 2.45) is 7.05 Å². The van der Waals surface area contributed by atoms with Crippen LogP contribution in [0.2, 0.25) is 0 Å². The van der Waals surface area contributed by atoms with Gasteiger partial charge in [-0.25, -0.2) is 14.4 Å². The van der Waals surface area contributed by atoms with Gasteiger partial charge in [0.05, 0.1) is 12.1 Å². The first-order chi connectivity index (χ1) is 27.6. The summed E-state index contributed by atoms with van der Waals surface area (Å²) < 4.78 is 18.8. The number of nitrogens with zero attached hydrogens (tertiary/aromatic N) is 5. The monoisotopic (exact) mass is 786 g/mol. The normalized spacial score (nSPS) is 20.3. The maximum absolute atomic E-state index is 14.4. The molecule has 14 nitrogen and oxygen atoms in total. The van der Waals surface area contributed by atoms with Crippen LogP contribution in [-0.2, 0) is 39.0 Å². The number of nitrogens with one attached hydrogen (secondary N) is 1. The van der Waals surface area contributed by atoms with E-state index in [1.165, 1.54) is 4.57 Å². The van der Waals surface area contributed by atoms with Crippen LogP contribution >= 0.6 is 0 Å². The molecule has 3 fully saturated rings. The largest absolute Gasteiger partial charge is 0.465 e. The number of hydrogen-bond donors (Lipinski definition) is 1. The Morgan fingerprint density at radius 2 is 1.63 bits per heavy atom. The number of anilines is 1. The summed E-state index contributed by atoms with van der Waals surface area (Å²) in [5, 5.41) is 3.05. The number of likely N-dealkylation sites (tertiary alicyclic amines) is 3. The second kappa shape index (κ2) is 18.2. The molecule has 2 atom stereocenters. The quantitative estimate of drug-likeness (QED) is 0.183. The van der Waals surface area contributed by atoms with Gasteiger partial charge >= 0.3 is 23.8 Å². The number of para-hydroxylation sites is 1. The third-order valence-electron chi connectivity index (χ3n) is 12.4. The number of esters is 1. The van der Waals surface area contributed by atoms with E-state index in [-0.39, 0.29) is 42.5 Å². The molecule has 0 bridgehead atoms. The van der Waals surface area contributed by atoms with Gasteiger partial charge < -0.3 is 33.9 Å². The Bertz CT molecular complexity index is 1980. The van der Waals surface area contributed by atoms with Gasteiger partial charge in [0.25, 0.3) is 5.91 Å². The molecule has 4 aliphatic rings. The zero-order chi connectivity index (χ0) is 40.1. The van der Waals surface area contributed by atoms with Gasteiger partial charge in [-0.1, -0.05) is 50.5 Å². The fourth-order valence-electron chi connectivity index (χ4n) is 9.28. The van der Waals surface area contributed by atoms with Crippen LogP contribution in [0.5, 0.6) is 0 Å². The first-order valence-electron chi connectivity index (χ1n) is 21.0. The summed E-state index contributed by atoms with van der Waals surface area (Å²) in [5.74, 6) is -0.882. The summed E-state index contributed by atoms with van der Waals surface area (Å²) in [4.78, 5) is 74.4. The summed E-state index contributed by atoms with van der Waals surface area (Å²) in [7, 11) is 1.65. The van der Waals surface area contributed by atoms with Crippen LogP contribution in [-0.4, -0.2) is 118 Å². The van der Waals surface area contributed by atoms with E-state index in [9.17, 15) is 24.0 Å². The Labute approximate surface area is 334 Å². The van der Waals surface area contributed by atoms with Crippen molar-refractivity contribution in [2.45, 2.75) is 115 Å². The van der Waals surface area contributed by atoms with Gasteiger partial charge in [0.15, 0.2) is 11.7 Å². The predicted molar refractivity (Wildman–Crippen MR) is 215 cm³/mol. The van der Waals surface area contributed by atoms with Crippen molar-refractivity contribution >= 4 is 40.8 Å². The molecule has 0 saturated carbocycles. The second-order valence-corrected chi connectivity index (χ2v) is 16.2. The van der Waals surface area contributed by atoms with Gasteiger partial charge in [0.2, 0.25) is 0 Å². The molecule has 5 heterocycles. The highest BCUT2D eigenvalue weighted by atomic mass is 16.6. The van der Waals surface area contributed by atoms with E-state index in [2.05, 4.69) is 17.1 Å². The molecule has 3 aromatic rings.